The molecule has 1 aliphatic heterocycles. The molecule has 8 heteroatoms. The summed E-state index contributed by atoms with van der Waals surface area (Å²) in [5.74, 6) is 0. The lowest BCUT2D eigenvalue weighted by Gasteiger charge is -2.07. The highest BCUT2D eigenvalue weighted by atomic mass is 79.9. The van der Waals surface area contributed by atoms with Gasteiger partial charge in [-0.3, -0.25) is 0 Å². The third-order valence-electron chi connectivity index (χ3n) is 1.89. The van der Waals surface area contributed by atoms with Crippen molar-refractivity contribution in [2.45, 2.75) is 24.5 Å². The fourth-order valence-electron chi connectivity index (χ4n) is 1.15. The van der Waals surface area contributed by atoms with Crippen molar-refractivity contribution in [3.63, 3.8) is 0 Å². The van der Waals surface area contributed by atoms with Crippen molar-refractivity contribution >= 4 is 15.9 Å². The van der Waals surface area contributed by atoms with E-state index >= 15 is 0 Å². The topological polar surface area (TPSA) is 78.8 Å². The second-order valence-electron chi connectivity index (χ2n) is 3.07. The zero-order chi connectivity index (χ0) is 9.97. The van der Waals surface area contributed by atoms with Gasteiger partial charge >= 0.3 is 0 Å². The second kappa shape index (κ2) is 4.32. The van der Waals surface area contributed by atoms with Crippen LogP contribution in [0.15, 0.2) is 6.20 Å². The Balaban J connectivity index is 1.95. The summed E-state index contributed by atoms with van der Waals surface area (Å²) in [6, 6.07) is 0. The van der Waals surface area contributed by atoms with Crippen molar-refractivity contribution in [3.8, 4) is 0 Å². The SMILES string of the molecule is CC(Br)c1cn(CC2NNNN2)nn1. The number of aromatic nitrogens is 3. The highest BCUT2D eigenvalue weighted by molar-refractivity contribution is 9.09. The minimum absolute atomic E-state index is 0.107. The maximum Gasteiger partial charge on any atom is 0.105 e. The third-order valence-corrected chi connectivity index (χ3v) is 2.36. The van der Waals surface area contributed by atoms with E-state index in [0.29, 0.717) is 6.54 Å². The summed E-state index contributed by atoms with van der Waals surface area (Å²) in [5, 5.41) is 8.03. The van der Waals surface area contributed by atoms with E-state index in [1.54, 1.807) is 4.68 Å². The molecule has 0 amide bonds. The molecule has 0 saturated carbocycles. The predicted octanol–water partition coefficient (Wildman–Crippen LogP) is -0.823. The Morgan fingerprint density at radius 3 is 2.86 bits per heavy atom. The molecule has 1 unspecified atom stereocenters. The molecule has 2 rings (SSSR count). The molecular weight excluding hydrogens is 250 g/mol. The normalized spacial score (nSPS) is 20.1. The maximum atomic E-state index is 4.03. The van der Waals surface area contributed by atoms with Gasteiger partial charge in [0.1, 0.15) is 6.17 Å². The summed E-state index contributed by atoms with van der Waals surface area (Å²) in [5.41, 5.74) is 12.4. The lowest BCUT2D eigenvalue weighted by molar-refractivity contribution is 0.420. The number of hydrazine groups is 3. The summed E-state index contributed by atoms with van der Waals surface area (Å²) in [6.07, 6.45) is 2.02. The van der Waals surface area contributed by atoms with Crippen LogP contribution in [0.4, 0.5) is 0 Å². The molecule has 78 valence electrons. The van der Waals surface area contributed by atoms with Crippen LogP contribution in [0.3, 0.4) is 0 Å². The Morgan fingerprint density at radius 2 is 2.29 bits per heavy atom. The van der Waals surface area contributed by atoms with E-state index in [2.05, 4.69) is 48.2 Å². The third kappa shape index (κ3) is 2.28. The summed E-state index contributed by atoms with van der Waals surface area (Å²) in [6.45, 7) is 2.72. The van der Waals surface area contributed by atoms with Gasteiger partial charge in [0.25, 0.3) is 0 Å². The number of rotatable bonds is 3. The van der Waals surface area contributed by atoms with Crippen LogP contribution < -0.4 is 21.9 Å². The molecule has 0 spiro atoms. The summed E-state index contributed by atoms with van der Waals surface area (Å²) in [4.78, 5) is 0.233. The number of nitrogens with zero attached hydrogens (tertiary/aromatic N) is 3. The molecule has 1 aliphatic rings. The van der Waals surface area contributed by atoms with Crippen LogP contribution in [-0.4, -0.2) is 21.2 Å². The van der Waals surface area contributed by atoms with Gasteiger partial charge < -0.3 is 0 Å². The molecule has 1 fully saturated rings. The zero-order valence-corrected chi connectivity index (χ0v) is 9.24. The van der Waals surface area contributed by atoms with Crippen molar-refractivity contribution in [3.05, 3.63) is 11.9 Å². The standard InChI is InChI=1S/C6H12BrN7/c1-4(7)5-2-14(13-8-5)3-6-9-11-12-10-6/h2,4,6,9-12H,3H2,1H3. The van der Waals surface area contributed by atoms with Gasteiger partial charge in [0.05, 0.1) is 17.1 Å². The molecule has 7 nitrogen and oxygen atoms in total. The number of hydrogen-bond donors (Lipinski definition) is 4. The average molecular weight is 262 g/mol. The first-order chi connectivity index (χ1) is 6.75. The van der Waals surface area contributed by atoms with E-state index < -0.39 is 0 Å². The van der Waals surface area contributed by atoms with E-state index in [4.69, 9.17) is 0 Å². The summed E-state index contributed by atoms with van der Waals surface area (Å²) in [7, 11) is 0. The Bertz CT molecular complexity index is 292. The molecule has 1 aromatic heterocycles. The second-order valence-corrected chi connectivity index (χ2v) is 4.45. The Labute approximate surface area is 89.7 Å². The minimum atomic E-state index is 0.107. The van der Waals surface area contributed by atoms with Crippen LogP contribution in [0.2, 0.25) is 0 Å². The number of halogens is 1. The molecule has 0 radical (unpaired) electrons. The Hall–Kier alpha value is -0.540. The number of hydrogen-bond acceptors (Lipinski definition) is 6. The zero-order valence-electron chi connectivity index (χ0n) is 7.66. The first kappa shape index (κ1) is 9.99. The summed E-state index contributed by atoms with van der Waals surface area (Å²) < 4.78 is 1.78. The quantitative estimate of drug-likeness (QED) is 0.533. The van der Waals surface area contributed by atoms with Gasteiger partial charge in [-0.05, 0) is 6.92 Å². The van der Waals surface area contributed by atoms with Gasteiger partial charge in [0.15, 0.2) is 0 Å². The molecule has 1 atom stereocenters. The summed E-state index contributed by atoms with van der Waals surface area (Å²) >= 11 is 3.44. The van der Waals surface area contributed by atoms with Gasteiger partial charge in [0, 0.05) is 6.20 Å². The molecule has 0 aliphatic carbocycles. The van der Waals surface area contributed by atoms with Crippen molar-refractivity contribution in [2.75, 3.05) is 0 Å². The van der Waals surface area contributed by atoms with E-state index in [0.717, 1.165) is 5.69 Å². The van der Waals surface area contributed by atoms with Crippen molar-refractivity contribution in [1.82, 2.24) is 36.9 Å². The van der Waals surface area contributed by atoms with Gasteiger partial charge in [-0.1, -0.05) is 21.1 Å². The van der Waals surface area contributed by atoms with Crippen LogP contribution in [-0.2, 0) is 6.54 Å². The van der Waals surface area contributed by atoms with Crippen LogP contribution in [0, 0.1) is 0 Å². The van der Waals surface area contributed by atoms with Crippen LogP contribution in [0.5, 0.6) is 0 Å². The highest BCUT2D eigenvalue weighted by Gasteiger charge is 2.14. The van der Waals surface area contributed by atoms with Crippen LogP contribution in [0.25, 0.3) is 0 Å². The lowest BCUT2D eigenvalue weighted by Crippen LogP contribution is -2.38. The van der Waals surface area contributed by atoms with E-state index in [1.165, 1.54) is 0 Å². The van der Waals surface area contributed by atoms with Crippen LogP contribution in [0.1, 0.15) is 17.4 Å². The van der Waals surface area contributed by atoms with Crippen molar-refractivity contribution in [1.29, 1.82) is 0 Å². The molecule has 2 heterocycles. The molecule has 1 aromatic rings. The van der Waals surface area contributed by atoms with Crippen LogP contribution >= 0.6 is 15.9 Å². The average Bonchev–Trinajstić information content (AvgIpc) is 2.75. The first-order valence-corrected chi connectivity index (χ1v) is 5.22. The Morgan fingerprint density at radius 1 is 1.57 bits per heavy atom. The van der Waals surface area contributed by atoms with E-state index in [1.807, 2.05) is 13.1 Å². The fourth-order valence-corrected chi connectivity index (χ4v) is 1.36. The Kier molecular flexibility index (Phi) is 3.08. The highest BCUT2D eigenvalue weighted by Crippen LogP contribution is 2.17. The monoisotopic (exact) mass is 261 g/mol. The number of nitrogens with one attached hydrogen (secondary N) is 4. The van der Waals surface area contributed by atoms with E-state index in [-0.39, 0.29) is 11.0 Å². The van der Waals surface area contributed by atoms with Crippen molar-refractivity contribution < 1.29 is 0 Å². The largest absolute Gasteiger partial charge is 0.249 e. The smallest absolute Gasteiger partial charge is 0.105 e. The van der Waals surface area contributed by atoms with Gasteiger partial charge in [-0.15, -0.1) is 5.10 Å². The van der Waals surface area contributed by atoms with Gasteiger partial charge in [-0.2, -0.15) is 11.1 Å². The van der Waals surface area contributed by atoms with Gasteiger partial charge in [-0.25, -0.2) is 15.5 Å². The van der Waals surface area contributed by atoms with Gasteiger partial charge in [0.2, 0.25) is 0 Å². The predicted molar refractivity (Wildman–Crippen MR) is 53.7 cm³/mol. The molecule has 1 saturated heterocycles. The lowest BCUT2D eigenvalue weighted by atomic mass is 10.4. The first-order valence-electron chi connectivity index (χ1n) is 4.31. The van der Waals surface area contributed by atoms with E-state index in [9.17, 15) is 0 Å². The molecular formula is C6H12BrN7. The molecule has 0 bridgehead atoms. The maximum absolute atomic E-state index is 4.03. The van der Waals surface area contributed by atoms with Crippen molar-refractivity contribution in [2.24, 2.45) is 0 Å². The fraction of sp³-hybridized carbons (Fsp3) is 0.667. The minimum Gasteiger partial charge on any atom is -0.249 e. The number of alkyl halides is 1. The molecule has 4 N–H and O–H groups in total. The molecule has 0 aromatic carbocycles. The molecule has 14 heavy (non-hydrogen) atoms.